The van der Waals surface area contributed by atoms with Crippen molar-refractivity contribution in [3.05, 3.63) is 59.2 Å². The van der Waals surface area contributed by atoms with Gasteiger partial charge in [-0.2, -0.15) is 15.4 Å². The van der Waals surface area contributed by atoms with Crippen LogP contribution in [0.4, 0.5) is 0 Å². The van der Waals surface area contributed by atoms with E-state index >= 15 is 0 Å². The normalized spacial score (nSPS) is 17.6. The van der Waals surface area contributed by atoms with E-state index in [1.165, 1.54) is 0 Å². The number of aromatic amines is 1. The van der Waals surface area contributed by atoms with Crippen LogP contribution in [0.25, 0.3) is 11.0 Å². The van der Waals surface area contributed by atoms with E-state index in [9.17, 15) is 9.59 Å². The molecule has 2 N–H and O–H groups in total. The van der Waals surface area contributed by atoms with Crippen molar-refractivity contribution in [2.75, 3.05) is 13.1 Å². The molecule has 1 unspecified atom stereocenters. The molecule has 1 saturated heterocycles. The zero-order valence-electron chi connectivity index (χ0n) is 13.7. The van der Waals surface area contributed by atoms with E-state index < -0.39 is 6.04 Å². The molecule has 7 nitrogen and oxygen atoms in total. The van der Waals surface area contributed by atoms with Crippen LogP contribution in [0.15, 0.2) is 42.5 Å². The summed E-state index contributed by atoms with van der Waals surface area (Å²) in [7, 11) is 0. The van der Waals surface area contributed by atoms with Crippen LogP contribution in [0.3, 0.4) is 0 Å². The quantitative estimate of drug-likeness (QED) is 0.744. The van der Waals surface area contributed by atoms with Gasteiger partial charge in [-0.15, -0.1) is 0 Å². The van der Waals surface area contributed by atoms with Gasteiger partial charge in [0.2, 0.25) is 5.91 Å². The van der Waals surface area contributed by atoms with Gasteiger partial charge in [0.05, 0.1) is 5.56 Å². The van der Waals surface area contributed by atoms with Gasteiger partial charge < -0.3 is 10.2 Å². The van der Waals surface area contributed by atoms with Crippen molar-refractivity contribution >= 4 is 22.8 Å². The van der Waals surface area contributed by atoms with Gasteiger partial charge in [0.1, 0.15) is 17.1 Å². The van der Waals surface area contributed by atoms with Crippen LogP contribution in [0.1, 0.15) is 27.5 Å². The molecule has 0 aliphatic carbocycles. The highest BCUT2D eigenvalue weighted by molar-refractivity contribution is 6.06. The smallest absolute Gasteiger partial charge is 0.257 e. The Morgan fingerprint density at radius 3 is 2.84 bits per heavy atom. The summed E-state index contributed by atoms with van der Waals surface area (Å²) in [6.07, 6.45) is 0. The summed E-state index contributed by atoms with van der Waals surface area (Å²) in [5.74, 6) is -0.385. The summed E-state index contributed by atoms with van der Waals surface area (Å²) >= 11 is 0. The number of hydrogen-bond acceptors (Lipinski definition) is 4. The molecule has 2 aromatic carbocycles. The fourth-order valence-corrected chi connectivity index (χ4v) is 3.28. The van der Waals surface area contributed by atoms with Crippen molar-refractivity contribution in [1.29, 1.82) is 0 Å². The molecule has 0 radical (unpaired) electrons. The second-order valence-electron chi connectivity index (χ2n) is 6.05. The minimum Gasteiger partial charge on any atom is -0.352 e. The lowest BCUT2D eigenvalue weighted by Crippen LogP contribution is -2.52. The number of nitrogens with one attached hydrogen (secondary N) is 2. The molecular weight excluding hydrogens is 318 g/mol. The Labute approximate surface area is 144 Å². The van der Waals surface area contributed by atoms with E-state index in [2.05, 4.69) is 20.7 Å². The zero-order chi connectivity index (χ0) is 17.4. The molecule has 2 amide bonds. The summed E-state index contributed by atoms with van der Waals surface area (Å²) in [4.78, 5) is 27.4. The number of piperazine rings is 1. The number of H-pyrrole nitrogens is 1. The summed E-state index contributed by atoms with van der Waals surface area (Å²) in [6.45, 7) is 2.82. The molecule has 0 saturated carbocycles. The van der Waals surface area contributed by atoms with Crippen LogP contribution in [0.5, 0.6) is 0 Å². The fourth-order valence-electron chi connectivity index (χ4n) is 3.28. The monoisotopic (exact) mass is 335 g/mol. The third kappa shape index (κ3) is 2.53. The molecule has 126 valence electrons. The molecule has 1 atom stereocenters. The summed E-state index contributed by atoms with van der Waals surface area (Å²) in [5, 5.41) is 13.5. The summed E-state index contributed by atoms with van der Waals surface area (Å²) in [6, 6.07) is 12.3. The number of amides is 2. The van der Waals surface area contributed by atoms with Crippen LogP contribution in [0.2, 0.25) is 0 Å². The van der Waals surface area contributed by atoms with Gasteiger partial charge in [-0.05, 0) is 30.2 Å². The van der Waals surface area contributed by atoms with Gasteiger partial charge in [-0.25, -0.2) is 0 Å². The van der Waals surface area contributed by atoms with Crippen molar-refractivity contribution in [2.24, 2.45) is 0 Å². The first-order valence-electron chi connectivity index (χ1n) is 8.10. The van der Waals surface area contributed by atoms with Gasteiger partial charge in [0.15, 0.2) is 0 Å². The van der Waals surface area contributed by atoms with E-state index in [0.717, 1.165) is 11.1 Å². The van der Waals surface area contributed by atoms with Crippen LogP contribution in [-0.2, 0) is 4.79 Å². The molecule has 1 aliphatic rings. The number of carbonyl (C=O) groups excluding carboxylic acids is 2. The number of aromatic nitrogens is 3. The molecule has 0 spiro atoms. The lowest BCUT2D eigenvalue weighted by molar-refractivity contribution is -0.128. The van der Waals surface area contributed by atoms with Crippen LogP contribution in [-0.4, -0.2) is 45.2 Å². The Bertz CT molecular complexity index is 965. The molecule has 2 heterocycles. The predicted octanol–water partition coefficient (Wildman–Crippen LogP) is 1.58. The standard InChI is InChI=1S/C18H17N5O2/c1-11-5-2-3-6-12(11)16-17(24)19-9-10-23(16)18(25)13-7-4-8-14-15(13)21-22-20-14/h2-8,16H,9-10H2,1H3,(H,19,24)(H,20,21,22). The SMILES string of the molecule is Cc1ccccc1C1C(=O)NCCN1C(=O)c1cccc2n[nH]nc12. The van der Waals surface area contributed by atoms with Crippen LogP contribution >= 0.6 is 0 Å². The highest BCUT2D eigenvalue weighted by Crippen LogP contribution is 2.28. The highest BCUT2D eigenvalue weighted by atomic mass is 16.2. The zero-order valence-corrected chi connectivity index (χ0v) is 13.7. The van der Waals surface area contributed by atoms with Gasteiger partial charge in [-0.3, -0.25) is 9.59 Å². The number of nitrogens with zero attached hydrogens (tertiary/aromatic N) is 3. The third-order valence-corrected chi connectivity index (χ3v) is 4.53. The number of benzene rings is 2. The third-order valence-electron chi connectivity index (χ3n) is 4.53. The van der Waals surface area contributed by atoms with Crippen molar-refractivity contribution in [3.8, 4) is 0 Å². The lowest BCUT2D eigenvalue weighted by atomic mass is 9.97. The van der Waals surface area contributed by atoms with E-state index in [1.807, 2.05) is 31.2 Å². The van der Waals surface area contributed by atoms with Crippen molar-refractivity contribution in [3.63, 3.8) is 0 Å². The number of fused-ring (bicyclic) bond motifs is 1. The maximum Gasteiger partial charge on any atom is 0.257 e. The molecule has 1 aliphatic heterocycles. The summed E-state index contributed by atoms with van der Waals surface area (Å²) < 4.78 is 0. The number of hydrogen-bond donors (Lipinski definition) is 2. The Kier molecular flexibility index (Phi) is 3.68. The van der Waals surface area contributed by atoms with E-state index in [-0.39, 0.29) is 11.8 Å². The number of rotatable bonds is 2. The second-order valence-corrected chi connectivity index (χ2v) is 6.05. The van der Waals surface area contributed by atoms with E-state index in [0.29, 0.717) is 29.7 Å². The van der Waals surface area contributed by atoms with Crippen molar-refractivity contribution in [1.82, 2.24) is 25.6 Å². The molecular formula is C18H17N5O2. The Balaban J connectivity index is 1.79. The fraction of sp³-hybridized carbons (Fsp3) is 0.222. The number of carbonyl (C=O) groups is 2. The van der Waals surface area contributed by atoms with Crippen molar-refractivity contribution in [2.45, 2.75) is 13.0 Å². The predicted molar refractivity (Wildman–Crippen MR) is 91.9 cm³/mol. The molecule has 0 bridgehead atoms. The molecule has 7 heteroatoms. The Morgan fingerprint density at radius 2 is 2.00 bits per heavy atom. The van der Waals surface area contributed by atoms with E-state index in [1.54, 1.807) is 23.1 Å². The minimum absolute atomic E-state index is 0.166. The minimum atomic E-state index is -0.649. The highest BCUT2D eigenvalue weighted by Gasteiger charge is 2.36. The average molecular weight is 335 g/mol. The first kappa shape index (κ1) is 15.3. The molecule has 3 aromatic rings. The Hall–Kier alpha value is -3.22. The van der Waals surface area contributed by atoms with Crippen molar-refractivity contribution < 1.29 is 9.59 Å². The largest absolute Gasteiger partial charge is 0.352 e. The maximum atomic E-state index is 13.2. The van der Waals surface area contributed by atoms with Gasteiger partial charge in [0, 0.05) is 13.1 Å². The number of para-hydroxylation sites is 1. The van der Waals surface area contributed by atoms with Gasteiger partial charge in [-0.1, -0.05) is 30.3 Å². The molecule has 25 heavy (non-hydrogen) atoms. The molecule has 1 aromatic heterocycles. The number of aryl methyl sites for hydroxylation is 1. The second kappa shape index (κ2) is 6.01. The lowest BCUT2D eigenvalue weighted by Gasteiger charge is -2.36. The average Bonchev–Trinajstić information content (AvgIpc) is 3.10. The van der Waals surface area contributed by atoms with E-state index in [4.69, 9.17) is 0 Å². The molecule has 4 rings (SSSR count). The Morgan fingerprint density at radius 1 is 1.16 bits per heavy atom. The summed E-state index contributed by atoms with van der Waals surface area (Å²) in [5.41, 5.74) is 3.39. The first-order chi connectivity index (χ1) is 12.2. The molecule has 1 fully saturated rings. The van der Waals surface area contributed by atoms with Crippen LogP contribution < -0.4 is 5.32 Å². The maximum absolute atomic E-state index is 13.2. The van der Waals surface area contributed by atoms with Gasteiger partial charge >= 0.3 is 0 Å². The van der Waals surface area contributed by atoms with Crippen LogP contribution in [0, 0.1) is 6.92 Å². The first-order valence-corrected chi connectivity index (χ1v) is 8.10. The topological polar surface area (TPSA) is 91.0 Å². The van der Waals surface area contributed by atoms with Gasteiger partial charge in [0.25, 0.3) is 5.91 Å².